The van der Waals surface area contributed by atoms with Gasteiger partial charge >= 0.3 is 5.97 Å². The zero-order chi connectivity index (χ0) is 18.6. The van der Waals surface area contributed by atoms with Crippen molar-refractivity contribution in [2.75, 3.05) is 13.6 Å². The predicted molar refractivity (Wildman–Crippen MR) is 97.8 cm³/mol. The first-order valence-corrected chi connectivity index (χ1v) is 9.42. The Labute approximate surface area is 152 Å². The first-order valence-electron chi connectivity index (χ1n) is 7.98. The number of hydrogen-bond donors (Lipinski definition) is 0. The summed E-state index contributed by atoms with van der Waals surface area (Å²) in [5, 5.41) is 0.716. The molecule has 7 heteroatoms. The number of likely N-dealkylation sites (N-methyl/N-ethyl adjacent to an activating group) is 1. The number of esters is 1. The lowest BCUT2D eigenvalue weighted by Crippen LogP contribution is -2.33. The van der Waals surface area contributed by atoms with Crippen molar-refractivity contribution in [2.24, 2.45) is 0 Å². The van der Waals surface area contributed by atoms with E-state index >= 15 is 0 Å². The van der Waals surface area contributed by atoms with Gasteiger partial charge in [0.25, 0.3) is 0 Å². The van der Waals surface area contributed by atoms with Crippen molar-refractivity contribution in [3.63, 3.8) is 0 Å². The van der Waals surface area contributed by atoms with Gasteiger partial charge in [0.2, 0.25) is 10.0 Å². The number of aromatic nitrogens is 1. The molecule has 134 valence electrons. The van der Waals surface area contributed by atoms with E-state index in [2.05, 4.69) is 4.98 Å². The van der Waals surface area contributed by atoms with Crippen molar-refractivity contribution in [3.05, 3.63) is 72.4 Å². The fourth-order valence-corrected chi connectivity index (χ4v) is 3.78. The SMILES string of the molecule is CN(CC(=O)OCc1ccccc1)S(=O)(=O)c1cccc2cccnc12. The zero-order valence-electron chi connectivity index (χ0n) is 14.2. The molecule has 0 fully saturated rings. The maximum Gasteiger partial charge on any atom is 0.321 e. The highest BCUT2D eigenvalue weighted by Gasteiger charge is 2.26. The molecule has 0 saturated carbocycles. The van der Waals surface area contributed by atoms with Crippen molar-refractivity contribution in [2.45, 2.75) is 11.5 Å². The summed E-state index contributed by atoms with van der Waals surface area (Å²) in [6.07, 6.45) is 1.54. The van der Waals surface area contributed by atoms with Crippen molar-refractivity contribution >= 4 is 26.9 Å². The van der Waals surface area contributed by atoms with Gasteiger partial charge in [-0.1, -0.05) is 48.5 Å². The zero-order valence-corrected chi connectivity index (χ0v) is 15.0. The van der Waals surface area contributed by atoms with E-state index in [0.717, 1.165) is 9.87 Å². The Bertz CT molecular complexity index is 1010. The molecule has 0 bridgehead atoms. The molecule has 1 aromatic heterocycles. The van der Waals surface area contributed by atoms with Crippen molar-refractivity contribution in [3.8, 4) is 0 Å². The van der Waals surface area contributed by atoms with E-state index in [1.54, 1.807) is 24.3 Å². The van der Waals surface area contributed by atoms with Gasteiger partial charge in [-0.3, -0.25) is 9.78 Å². The Kier molecular flexibility index (Phi) is 5.29. The maximum atomic E-state index is 12.8. The molecule has 0 spiro atoms. The summed E-state index contributed by atoms with van der Waals surface area (Å²) in [6, 6.07) is 17.7. The summed E-state index contributed by atoms with van der Waals surface area (Å²) < 4.78 is 31.8. The number of para-hydroxylation sites is 1. The molecule has 0 amide bonds. The Hall–Kier alpha value is -2.77. The molecule has 3 aromatic rings. The van der Waals surface area contributed by atoms with Crippen molar-refractivity contribution in [1.29, 1.82) is 0 Å². The van der Waals surface area contributed by atoms with Gasteiger partial charge < -0.3 is 4.74 Å². The van der Waals surface area contributed by atoms with Gasteiger partial charge in [-0.15, -0.1) is 0 Å². The van der Waals surface area contributed by atoms with Crippen LogP contribution < -0.4 is 0 Å². The lowest BCUT2D eigenvalue weighted by molar-refractivity contribution is -0.144. The molecule has 0 aliphatic carbocycles. The van der Waals surface area contributed by atoms with Crippen LogP contribution in [0, 0.1) is 0 Å². The van der Waals surface area contributed by atoms with E-state index in [4.69, 9.17) is 4.74 Å². The molecule has 0 saturated heterocycles. The average molecular weight is 370 g/mol. The van der Waals surface area contributed by atoms with Crippen LogP contribution in [0.2, 0.25) is 0 Å². The molecule has 0 atom stereocenters. The number of hydrogen-bond acceptors (Lipinski definition) is 5. The van der Waals surface area contributed by atoms with Gasteiger partial charge in [0, 0.05) is 18.6 Å². The third kappa shape index (κ3) is 3.89. The summed E-state index contributed by atoms with van der Waals surface area (Å²) >= 11 is 0. The minimum atomic E-state index is -3.87. The van der Waals surface area contributed by atoms with Gasteiger partial charge in [0.05, 0.1) is 5.52 Å². The number of rotatable bonds is 6. The molecule has 0 aliphatic heterocycles. The third-order valence-electron chi connectivity index (χ3n) is 3.88. The molecule has 1 heterocycles. The van der Waals surface area contributed by atoms with Crippen LogP contribution in [0.5, 0.6) is 0 Å². The Morgan fingerprint density at radius 2 is 1.77 bits per heavy atom. The van der Waals surface area contributed by atoms with E-state index in [1.807, 2.05) is 30.3 Å². The highest BCUT2D eigenvalue weighted by atomic mass is 32.2. The van der Waals surface area contributed by atoms with Gasteiger partial charge in [-0.25, -0.2) is 8.42 Å². The minimum absolute atomic E-state index is 0.0639. The molecule has 0 unspecified atom stereocenters. The van der Waals surface area contributed by atoms with Crippen LogP contribution in [0.3, 0.4) is 0 Å². The fraction of sp³-hybridized carbons (Fsp3) is 0.158. The molecule has 0 aliphatic rings. The second-order valence-electron chi connectivity index (χ2n) is 5.74. The third-order valence-corrected chi connectivity index (χ3v) is 5.71. The van der Waals surface area contributed by atoms with Crippen LogP contribution in [0.25, 0.3) is 10.9 Å². The highest BCUT2D eigenvalue weighted by Crippen LogP contribution is 2.23. The smallest absolute Gasteiger partial charge is 0.321 e. The summed E-state index contributed by atoms with van der Waals surface area (Å²) in [5.74, 6) is -0.617. The fourth-order valence-electron chi connectivity index (χ4n) is 2.50. The highest BCUT2D eigenvalue weighted by molar-refractivity contribution is 7.89. The van der Waals surface area contributed by atoms with E-state index in [0.29, 0.717) is 10.9 Å². The number of ether oxygens (including phenoxy) is 1. The quantitative estimate of drug-likeness (QED) is 0.624. The number of benzene rings is 2. The van der Waals surface area contributed by atoms with Crippen LogP contribution >= 0.6 is 0 Å². The Balaban J connectivity index is 1.73. The number of fused-ring (bicyclic) bond motifs is 1. The number of nitrogens with zero attached hydrogens (tertiary/aromatic N) is 2. The number of carbonyl (C=O) groups is 1. The number of sulfonamides is 1. The molecule has 0 radical (unpaired) electrons. The second-order valence-corrected chi connectivity index (χ2v) is 7.75. The van der Waals surface area contributed by atoms with Crippen LogP contribution in [0.1, 0.15) is 5.56 Å². The summed E-state index contributed by atoms with van der Waals surface area (Å²) in [5.41, 5.74) is 1.21. The monoisotopic (exact) mass is 370 g/mol. The number of carbonyl (C=O) groups excluding carboxylic acids is 1. The summed E-state index contributed by atoms with van der Waals surface area (Å²) in [6.45, 7) is -0.276. The topological polar surface area (TPSA) is 76.6 Å². The maximum absolute atomic E-state index is 12.8. The molecular weight excluding hydrogens is 352 g/mol. The van der Waals surface area contributed by atoms with Crippen LogP contribution in [-0.2, 0) is 26.2 Å². The predicted octanol–water partition coefficient (Wildman–Crippen LogP) is 2.60. The lowest BCUT2D eigenvalue weighted by Gasteiger charge is -2.17. The first kappa shape index (κ1) is 18.0. The van der Waals surface area contributed by atoms with E-state index in [1.165, 1.54) is 19.3 Å². The Morgan fingerprint density at radius 1 is 1.04 bits per heavy atom. The second kappa shape index (κ2) is 7.63. The largest absolute Gasteiger partial charge is 0.460 e. The summed E-state index contributed by atoms with van der Waals surface area (Å²) in [7, 11) is -2.53. The van der Waals surface area contributed by atoms with Gasteiger partial charge in [0.1, 0.15) is 18.0 Å². The van der Waals surface area contributed by atoms with E-state index in [-0.39, 0.29) is 18.0 Å². The van der Waals surface area contributed by atoms with Crippen LogP contribution in [-0.4, -0.2) is 37.3 Å². The standard InChI is InChI=1S/C19H18N2O4S/c1-21(13-18(22)25-14-15-7-3-2-4-8-15)26(23,24)17-11-5-9-16-10-6-12-20-19(16)17/h2-12H,13-14H2,1H3. The van der Waals surface area contributed by atoms with Gasteiger partial charge in [-0.2, -0.15) is 4.31 Å². The van der Waals surface area contributed by atoms with Gasteiger partial charge in [-0.05, 0) is 17.7 Å². The van der Waals surface area contributed by atoms with Crippen LogP contribution in [0.15, 0.2) is 71.8 Å². The van der Waals surface area contributed by atoms with E-state index in [9.17, 15) is 13.2 Å². The normalized spacial score (nSPS) is 11.6. The molecular formula is C19H18N2O4S. The average Bonchev–Trinajstić information content (AvgIpc) is 2.66. The molecule has 6 nitrogen and oxygen atoms in total. The minimum Gasteiger partial charge on any atom is -0.460 e. The van der Waals surface area contributed by atoms with Crippen molar-refractivity contribution < 1.29 is 17.9 Å². The summed E-state index contributed by atoms with van der Waals surface area (Å²) in [4.78, 5) is 16.3. The molecule has 3 rings (SSSR count). The van der Waals surface area contributed by atoms with Crippen molar-refractivity contribution in [1.82, 2.24) is 9.29 Å². The molecule has 2 aromatic carbocycles. The Morgan fingerprint density at radius 3 is 2.54 bits per heavy atom. The van der Waals surface area contributed by atoms with Gasteiger partial charge in [0.15, 0.2) is 0 Å². The molecule has 26 heavy (non-hydrogen) atoms. The van der Waals surface area contributed by atoms with Crippen LogP contribution in [0.4, 0.5) is 0 Å². The lowest BCUT2D eigenvalue weighted by atomic mass is 10.2. The molecule has 0 N–H and O–H groups in total. The van der Waals surface area contributed by atoms with E-state index < -0.39 is 16.0 Å². The number of pyridine rings is 1. The first-order chi connectivity index (χ1) is 12.5.